The Bertz CT molecular complexity index is 1010. The number of hydrogen-bond acceptors (Lipinski definition) is 4. The maximum atomic E-state index is 14.1. The fourth-order valence-corrected chi connectivity index (χ4v) is 2.28. The SMILES string of the molecule is C=C(/C=C\C(=C)OC(=O)c1ccc(-c2ccc(C)cc2F)cc1)OC(=O)C(=C)C. The van der Waals surface area contributed by atoms with E-state index in [0.717, 1.165) is 5.56 Å². The number of ether oxygens (including phenoxy) is 2. The molecule has 0 spiro atoms. The number of carbonyl (C=O) groups excluding carboxylic acids is 2. The third-order valence-electron chi connectivity index (χ3n) is 3.81. The number of aryl methyl sites for hydroxylation is 1. The normalized spacial score (nSPS) is 10.4. The lowest BCUT2D eigenvalue weighted by molar-refractivity contribution is -0.134. The largest absolute Gasteiger partial charge is 0.424 e. The van der Waals surface area contributed by atoms with Gasteiger partial charge in [-0.2, -0.15) is 0 Å². The molecule has 0 aliphatic rings. The molecule has 0 amide bonds. The molecule has 0 saturated heterocycles. The van der Waals surface area contributed by atoms with E-state index in [1.807, 2.05) is 13.0 Å². The van der Waals surface area contributed by atoms with Crippen molar-refractivity contribution in [2.45, 2.75) is 13.8 Å². The third kappa shape index (κ3) is 6.14. The van der Waals surface area contributed by atoms with Crippen LogP contribution in [0.25, 0.3) is 11.1 Å². The Morgan fingerprint density at radius 2 is 1.52 bits per heavy atom. The zero-order chi connectivity index (χ0) is 21.6. The molecule has 2 aromatic rings. The molecule has 2 aromatic carbocycles. The second-order valence-electron chi connectivity index (χ2n) is 6.39. The first-order chi connectivity index (χ1) is 13.7. The molecule has 0 unspecified atom stereocenters. The molecule has 0 aromatic heterocycles. The van der Waals surface area contributed by atoms with Crippen molar-refractivity contribution >= 4 is 11.9 Å². The lowest BCUT2D eigenvalue weighted by atomic mass is 10.0. The molecular formula is C24H21FO4. The third-order valence-corrected chi connectivity index (χ3v) is 3.81. The molecule has 0 saturated carbocycles. The molecule has 148 valence electrons. The smallest absolute Gasteiger partial charge is 0.343 e. The van der Waals surface area contributed by atoms with Crippen LogP contribution in [0, 0.1) is 12.7 Å². The Balaban J connectivity index is 1.99. The Kier molecular flexibility index (Phi) is 7.04. The quantitative estimate of drug-likeness (QED) is 0.264. The Labute approximate surface area is 169 Å². The molecular weight excluding hydrogens is 371 g/mol. The maximum Gasteiger partial charge on any atom is 0.343 e. The average Bonchev–Trinajstić information content (AvgIpc) is 2.66. The molecule has 0 N–H and O–H groups in total. The predicted octanol–water partition coefficient (Wildman–Crippen LogP) is 5.66. The molecule has 0 aliphatic carbocycles. The van der Waals surface area contributed by atoms with Gasteiger partial charge in [-0.25, -0.2) is 14.0 Å². The molecule has 2 rings (SSSR count). The molecule has 0 atom stereocenters. The van der Waals surface area contributed by atoms with Crippen LogP contribution >= 0.6 is 0 Å². The van der Waals surface area contributed by atoms with Crippen LogP contribution in [0.1, 0.15) is 22.8 Å². The number of rotatable bonds is 7. The molecule has 0 fully saturated rings. The Morgan fingerprint density at radius 1 is 0.931 bits per heavy atom. The van der Waals surface area contributed by atoms with Gasteiger partial charge in [0, 0.05) is 11.1 Å². The van der Waals surface area contributed by atoms with Gasteiger partial charge in [0.1, 0.15) is 17.3 Å². The predicted molar refractivity (Wildman–Crippen MR) is 110 cm³/mol. The van der Waals surface area contributed by atoms with Crippen LogP contribution in [0.15, 0.2) is 91.4 Å². The average molecular weight is 392 g/mol. The van der Waals surface area contributed by atoms with Gasteiger partial charge in [-0.15, -0.1) is 0 Å². The molecule has 29 heavy (non-hydrogen) atoms. The topological polar surface area (TPSA) is 52.6 Å². The van der Waals surface area contributed by atoms with Crippen LogP contribution in [-0.4, -0.2) is 11.9 Å². The molecule has 4 nitrogen and oxygen atoms in total. The second kappa shape index (κ2) is 9.46. The number of allylic oxidation sites excluding steroid dienone is 2. The van der Waals surface area contributed by atoms with Gasteiger partial charge in [-0.05, 0) is 55.3 Å². The lowest BCUT2D eigenvalue weighted by Crippen LogP contribution is -2.04. The van der Waals surface area contributed by atoms with Crippen molar-refractivity contribution in [3.8, 4) is 11.1 Å². The first-order valence-electron chi connectivity index (χ1n) is 8.69. The first-order valence-corrected chi connectivity index (χ1v) is 8.69. The zero-order valence-electron chi connectivity index (χ0n) is 16.3. The van der Waals surface area contributed by atoms with Crippen molar-refractivity contribution in [1.82, 2.24) is 0 Å². The number of benzene rings is 2. The van der Waals surface area contributed by atoms with Gasteiger partial charge >= 0.3 is 11.9 Å². The van der Waals surface area contributed by atoms with E-state index in [1.54, 1.807) is 30.3 Å². The minimum absolute atomic E-state index is 0.0381. The number of halogens is 1. The van der Waals surface area contributed by atoms with E-state index in [0.29, 0.717) is 11.1 Å². The summed E-state index contributed by atoms with van der Waals surface area (Å²) in [6, 6.07) is 11.3. The van der Waals surface area contributed by atoms with E-state index in [9.17, 15) is 14.0 Å². The van der Waals surface area contributed by atoms with Crippen LogP contribution in [-0.2, 0) is 14.3 Å². The highest BCUT2D eigenvalue weighted by Crippen LogP contribution is 2.24. The van der Waals surface area contributed by atoms with Crippen molar-refractivity contribution in [2.75, 3.05) is 0 Å². The van der Waals surface area contributed by atoms with Gasteiger partial charge in [-0.3, -0.25) is 0 Å². The fraction of sp³-hybridized carbons (Fsp3) is 0.0833. The Morgan fingerprint density at radius 3 is 2.07 bits per heavy atom. The minimum Gasteiger partial charge on any atom is -0.424 e. The Hall–Kier alpha value is -3.73. The maximum absolute atomic E-state index is 14.1. The van der Waals surface area contributed by atoms with Gasteiger partial charge in [0.25, 0.3) is 0 Å². The van der Waals surface area contributed by atoms with Crippen LogP contribution in [0.3, 0.4) is 0 Å². The minimum atomic E-state index is -0.625. The van der Waals surface area contributed by atoms with Crippen LogP contribution in [0.4, 0.5) is 4.39 Å². The summed E-state index contributed by atoms with van der Waals surface area (Å²) in [5.74, 6) is -1.46. The van der Waals surface area contributed by atoms with E-state index >= 15 is 0 Å². The van der Waals surface area contributed by atoms with Crippen molar-refractivity contribution < 1.29 is 23.5 Å². The number of carbonyl (C=O) groups is 2. The lowest BCUT2D eigenvalue weighted by Gasteiger charge is -2.07. The van der Waals surface area contributed by atoms with Crippen molar-refractivity contribution in [3.05, 3.63) is 108 Å². The summed E-state index contributed by atoms with van der Waals surface area (Å²) in [6.45, 7) is 14.0. The number of hydrogen-bond donors (Lipinski definition) is 0. The molecule has 0 radical (unpaired) electrons. The van der Waals surface area contributed by atoms with Gasteiger partial charge < -0.3 is 9.47 Å². The standard InChI is InChI=1S/C24H21FO4/c1-15(2)23(26)28-17(4)7-8-18(5)29-24(27)20-11-9-19(10-12-20)21-13-6-16(3)14-22(21)25/h6-14H,1,4-5H2,2-3H3/b8-7-. The van der Waals surface area contributed by atoms with E-state index in [-0.39, 0.29) is 28.5 Å². The van der Waals surface area contributed by atoms with Gasteiger partial charge in [-0.1, -0.05) is 44.0 Å². The summed E-state index contributed by atoms with van der Waals surface area (Å²) in [7, 11) is 0. The summed E-state index contributed by atoms with van der Waals surface area (Å²) in [5.41, 5.74) is 2.44. The van der Waals surface area contributed by atoms with E-state index in [4.69, 9.17) is 9.47 Å². The monoisotopic (exact) mass is 392 g/mol. The van der Waals surface area contributed by atoms with E-state index < -0.39 is 11.9 Å². The van der Waals surface area contributed by atoms with Crippen molar-refractivity contribution in [2.24, 2.45) is 0 Å². The van der Waals surface area contributed by atoms with Crippen molar-refractivity contribution in [1.29, 1.82) is 0 Å². The summed E-state index contributed by atoms with van der Waals surface area (Å²) < 4.78 is 24.1. The van der Waals surface area contributed by atoms with Crippen LogP contribution in [0.5, 0.6) is 0 Å². The highest BCUT2D eigenvalue weighted by Gasteiger charge is 2.11. The summed E-state index contributed by atoms with van der Waals surface area (Å²) in [4.78, 5) is 23.6. The van der Waals surface area contributed by atoms with Crippen LogP contribution < -0.4 is 0 Å². The first kappa shape index (κ1) is 21.6. The van der Waals surface area contributed by atoms with E-state index in [1.165, 1.54) is 25.1 Å². The molecule has 5 heteroatoms. The fourth-order valence-electron chi connectivity index (χ4n) is 2.28. The van der Waals surface area contributed by atoms with Gasteiger partial charge in [0.15, 0.2) is 0 Å². The molecule has 0 aliphatic heterocycles. The zero-order valence-corrected chi connectivity index (χ0v) is 16.3. The highest BCUT2D eigenvalue weighted by atomic mass is 19.1. The summed E-state index contributed by atoms with van der Waals surface area (Å²) in [6.07, 6.45) is 2.70. The summed E-state index contributed by atoms with van der Waals surface area (Å²) in [5, 5.41) is 0. The van der Waals surface area contributed by atoms with Crippen molar-refractivity contribution in [3.63, 3.8) is 0 Å². The van der Waals surface area contributed by atoms with E-state index in [2.05, 4.69) is 19.7 Å². The summed E-state index contributed by atoms with van der Waals surface area (Å²) >= 11 is 0. The highest BCUT2D eigenvalue weighted by molar-refractivity contribution is 5.91. The van der Waals surface area contributed by atoms with Gasteiger partial charge in [0.05, 0.1) is 5.56 Å². The molecule has 0 heterocycles. The van der Waals surface area contributed by atoms with Crippen LogP contribution in [0.2, 0.25) is 0 Å². The van der Waals surface area contributed by atoms with Gasteiger partial charge in [0.2, 0.25) is 0 Å². The molecule has 0 bridgehead atoms. The second-order valence-corrected chi connectivity index (χ2v) is 6.39. The number of esters is 2.